The van der Waals surface area contributed by atoms with Gasteiger partial charge in [-0.05, 0) is 0 Å². The van der Waals surface area contributed by atoms with Gasteiger partial charge in [-0.1, -0.05) is 0 Å². The molecule has 0 aliphatic rings. The van der Waals surface area contributed by atoms with E-state index in [1.165, 1.54) is 0 Å². The summed E-state index contributed by atoms with van der Waals surface area (Å²) in [6.45, 7) is 0. The van der Waals surface area contributed by atoms with Gasteiger partial charge < -0.3 is 9.59 Å². The van der Waals surface area contributed by atoms with Crippen LogP contribution in [0.2, 0.25) is 0 Å². The average molecular weight is 212 g/mol. The van der Waals surface area contributed by atoms with Crippen LogP contribution >= 0.6 is 25.3 Å². The van der Waals surface area contributed by atoms with Gasteiger partial charge in [-0.2, -0.15) is 25.3 Å². The molecule has 0 fully saturated rings. The molecule has 0 spiro atoms. The Morgan fingerprint density at radius 3 is 1.67 bits per heavy atom. The number of nitrogens with one attached hydrogen (secondary N) is 2. The minimum absolute atomic E-state index is 0.140. The topological polar surface area (TPSA) is 58.2 Å². The molecule has 0 rings (SSSR count). The Hall–Kier alpha value is -0.0400. The smallest absolute Gasteiger partial charge is 0.139 e. The molecule has 0 aromatic carbocycles. The highest BCUT2D eigenvalue weighted by Crippen LogP contribution is 1.84. The third-order valence-electron chi connectivity index (χ3n) is 1.08. The van der Waals surface area contributed by atoms with E-state index in [4.69, 9.17) is 2.74 Å². The van der Waals surface area contributed by atoms with Crippen LogP contribution < -0.4 is 10.9 Å². The van der Waals surface area contributed by atoms with Crippen LogP contribution in [0.1, 0.15) is 2.74 Å². The van der Waals surface area contributed by atoms with Gasteiger partial charge in [0.25, 0.3) is 0 Å². The van der Waals surface area contributed by atoms with Crippen molar-refractivity contribution < 1.29 is 12.3 Å². The fraction of sp³-hybridized carbons (Fsp3) is 0.667. The predicted octanol–water partition coefficient (Wildman–Crippen LogP) is -0.925. The molecule has 0 radical (unpaired) electrons. The van der Waals surface area contributed by atoms with Crippen LogP contribution in [0.3, 0.4) is 0 Å². The van der Waals surface area contributed by atoms with Crippen LogP contribution in [-0.2, 0) is 9.59 Å². The number of hydrogen-bond acceptors (Lipinski definition) is 6. The SMILES string of the molecule is [3H]C(=O)[C@H](CS)NN[C@@H](CS)C([3H])=O. The molecule has 0 aromatic heterocycles. The maximum absolute atomic E-state index is 10.6. The van der Waals surface area contributed by atoms with E-state index in [1.54, 1.807) is 0 Å². The standard InChI is InChI=1S/C6H12N2O2S2/c9-1-5(3-11)7-8-6(2-10)4-12/h1-2,5-8,11-12H,3-4H2/t5-,6-/m1/s1/i1T,2T. The van der Waals surface area contributed by atoms with E-state index in [0.717, 1.165) is 0 Å². The summed E-state index contributed by atoms with van der Waals surface area (Å²) in [6.07, 6.45) is -1.66. The number of hydrogen-bond donors (Lipinski definition) is 4. The summed E-state index contributed by atoms with van der Waals surface area (Å²) in [5, 5.41) is 0. The Labute approximate surface area is 85.1 Å². The molecule has 12 heavy (non-hydrogen) atoms. The van der Waals surface area contributed by atoms with Crippen LogP contribution in [0.5, 0.6) is 0 Å². The Morgan fingerprint density at radius 1 is 1.17 bits per heavy atom. The molecule has 2 N–H and O–H groups in total. The van der Waals surface area contributed by atoms with Crippen molar-refractivity contribution in [1.82, 2.24) is 10.9 Å². The third-order valence-corrected chi connectivity index (χ3v) is 1.81. The van der Waals surface area contributed by atoms with Gasteiger partial charge in [0, 0.05) is 11.5 Å². The third kappa shape index (κ3) is 4.76. The second-order valence-electron chi connectivity index (χ2n) is 1.99. The second kappa shape index (κ2) is 7.60. The van der Waals surface area contributed by atoms with Crippen molar-refractivity contribution in [3.8, 4) is 0 Å². The van der Waals surface area contributed by atoms with E-state index in [2.05, 4.69) is 36.1 Å². The van der Waals surface area contributed by atoms with Crippen LogP contribution in [0, 0.1) is 0 Å². The number of rotatable bonds is 7. The highest BCUT2D eigenvalue weighted by Gasteiger charge is 2.07. The van der Waals surface area contributed by atoms with E-state index >= 15 is 0 Å². The first-order valence-corrected chi connectivity index (χ1v) is 4.53. The van der Waals surface area contributed by atoms with E-state index in [1.807, 2.05) is 0 Å². The lowest BCUT2D eigenvalue weighted by Gasteiger charge is -2.14. The summed E-state index contributed by atoms with van der Waals surface area (Å²) in [5.41, 5.74) is 4.90. The van der Waals surface area contributed by atoms with Gasteiger partial charge in [-0.3, -0.25) is 0 Å². The van der Waals surface area contributed by atoms with Crippen molar-refractivity contribution in [3.05, 3.63) is 0 Å². The maximum atomic E-state index is 10.6. The molecule has 0 aliphatic heterocycles. The first kappa shape index (κ1) is 8.55. The van der Waals surface area contributed by atoms with E-state index < -0.39 is 24.6 Å². The average Bonchev–Trinajstić information content (AvgIpc) is 2.11. The first-order valence-electron chi connectivity index (χ1n) is 4.26. The number of carbonyl (C=O) groups excluding carboxylic acids is 2. The zero-order chi connectivity index (χ0) is 11.1. The van der Waals surface area contributed by atoms with Crippen molar-refractivity contribution in [1.29, 1.82) is 0 Å². The summed E-state index contributed by atoms with van der Waals surface area (Å²) in [7, 11) is 0. The van der Waals surface area contributed by atoms with Crippen molar-refractivity contribution in [2.45, 2.75) is 12.1 Å². The van der Waals surface area contributed by atoms with Gasteiger partial charge in [0.05, 0.1) is 12.1 Å². The van der Waals surface area contributed by atoms with E-state index in [0.29, 0.717) is 0 Å². The van der Waals surface area contributed by atoms with Crippen molar-refractivity contribution in [2.75, 3.05) is 11.5 Å². The fourth-order valence-electron chi connectivity index (χ4n) is 0.426. The normalized spacial score (nSPS) is 17.5. The lowest BCUT2D eigenvalue weighted by atomic mass is 10.4. The lowest BCUT2D eigenvalue weighted by molar-refractivity contribution is -0.111. The molecule has 2 atom stereocenters. The molecule has 0 aromatic rings. The predicted molar refractivity (Wildman–Crippen MR) is 53.7 cm³/mol. The largest absolute Gasteiger partial charge is 0.302 e. The Balaban J connectivity index is 4.00. The fourth-order valence-corrected chi connectivity index (χ4v) is 0.758. The zero-order valence-electron chi connectivity index (χ0n) is 8.28. The number of hydrazine groups is 1. The number of aldehydes is 2. The molecule has 0 saturated heterocycles. The van der Waals surface area contributed by atoms with Crippen LogP contribution in [0.15, 0.2) is 0 Å². The monoisotopic (exact) mass is 212 g/mol. The van der Waals surface area contributed by atoms with Gasteiger partial charge in [0.15, 0.2) is 0 Å². The zero-order valence-corrected chi connectivity index (χ0v) is 8.07. The molecular formula is C6H12N2O2S2. The first-order chi connectivity index (χ1) is 6.52. The molecule has 6 heteroatoms. The van der Waals surface area contributed by atoms with E-state index in [-0.39, 0.29) is 11.5 Å². The lowest BCUT2D eigenvalue weighted by Crippen LogP contribution is -2.49. The Bertz CT molecular complexity index is 196. The molecule has 0 amide bonds. The van der Waals surface area contributed by atoms with Crippen LogP contribution in [-0.4, -0.2) is 36.1 Å². The van der Waals surface area contributed by atoms with Crippen molar-refractivity contribution >= 4 is 37.8 Å². The summed E-state index contributed by atoms with van der Waals surface area (Å²) in [6, 6.07) is -1.58. The summed E-state index contributed by atoms with van der Waals surface area (Å²) in [4.78, 5) is 21.2. The van der Waals surface area contributed by atoms with Crippen LogP contribution in [0.25, 0.3) is 0 Å². The Morgan fingerprint density at radius 2 is 1.50 bits per heavy atom. The molecule has 0 heterocycles. The maximum Gasteiger partial charge on any atom is 0.139 e. The van der Waals surface area contributed by atoms with E-state index in [9.17, 15) is 9.59 Å². The molecule has 0 unspecified atom stereocenters. The quantitative estimate of drug-likeness (QED) is 0.250. The summed E-state index contributed by atoms with van der Waals surface area (Å²) < 4.78 is 13.6. The van der Waals surface area contributed by atoms with Crippen molar-refractivity contribution in [3.63, 3.8) is 0 Å². The molecule has 4 nitrogen and oxygen atoms in total. The number of carbonyl (C=O) groups is 2. The second-order valence-corrected chi connectivity index (χ2v) is 2.72. The van der Waals surface area contributed by atoms with Gasteiger partial charge in [-0.15, -0.1) is 0 Å². The molecule has 0 saturated carbocycles. The summed E-state index contributed by atoms with van der Waals surface area (Å²) in [5.74, 6) is 0.279. The van der Waals surface area contributed by atoms with Gasteiger partial charge in [-0.25, -0.2) is 10.9 Å². The Kier molecular flexibility index (Phi) is 5.42. The minimum atomic E-state index is -0.831. The molecule has 0 bridgehead atoms. The highest BCUT2D eigenvalue weighted by molar-refractivity contribution is 7.80. The minimum Gasteiger partial charge on any atom is -0.302 e. The highest BCUT2D eigenvalue weighted by atomic mass is 32.1. The van der Waals surface area contributed by atoms with Crippen LogP contribution in [0.4, 0.5) is 0 Å². The van der Waals surface area contributed by atoms with Crippen molar-refractivity contribution in [2.24, 2.45) is 0 Å². The molecular weight excluding hydrogens is 196 g/mol. The molecule has 0 aliphatic carbocycles. The molecule has 70 valence electrons. The van der Waals surface area contributed by atoms with Gasteiger partial charge in [0.1, 0.15) is 15.3 Å². The van der Waals surface area contributed by atoms with Gasteiger partial charge >= 0.3 is 0 Å². The summed E-state index contributed by atoms with van der Waals surface area (Å²) >= 11 is 7.69. The number of thiol groups is 2. The van der Waals surface area contributed by atoms with Gasteiger partial charge in [0.2, 0.25) is 0 Å².